The summed E-state index contributed by atoms with van der Waals surface area (Å²) in [5.41, 5.74) is 18.2. The lowest BCUT2D eigenvalue weighted by atomic mass is 9.97. The summed E-state index contributed by atoms with van der Waals surface area (Å²) in [5.74, 6) is 0.607. The summed E-state index contributed by atoms with van der Waals surface area (Å²) in [4.78, 5) is 11.7. The highest BCUT2D eigenvalue weighted by Gasteiger charge is 2.12. The van der Waals surface area contributed by atoms with Crippen molar-refractivity contribution in [1.29, 1.82) is 0 Å². The van der Waals surface area contributed by atoms with Crippen LogP contribution >= 0.6 is 0 Å². The number of nitrogen functional groups attached to an aromatic ring is 2. The second-order valence-corrected chi connectivity index (χ2v) is 5.90. The predicted molar refractivity (Wildman–Crippen MR) is 95.1 cm³/mol. The molecule has 5 nitrogen and oxygen atoms in total. The highest BCUT2D eigenvalue weighted by Crippen LogP contribution is 2.34. The molecule has 0 saturated carbocycles. The molecular weight excluding hydrogens is 286 g/mol. The van der Waals surface area contributed by atoms with E-state index in [2.05, 4.69) is 47.0 Å². The van der Waals surface area contributed by atoms with Crippen molar-refractivity contribution in [3.63, 3.8) is 0 Å². The molecule has 0 spiro atoms. The summed E-state index contributed by atoms with van der Waals surface area (Å²) in [6.07, 6.45) is 2.03. The number of aryl methyl sites for hydroxylation is 2. The molecular formula is C18H17N5. The third kappa shape index (κ3) is 2.09. The van der Waals surface area contributed by atoms with E-state index in [-0.39, 0.29) is 5.95 Å². The van der Waals surface area contributed by atoms with Gasteiger partial charge in [0.1, 0.15) is 5.82 Å². The van der Waals surface area contributed by atoms with Crippen LogP contribution in [0.5, 0.6) is 0 Å². The first-order valence-electron chi connectivity index (χ1n) is 7.44. The van der Waals surface area contributed by atoms with Gasteiger partial charge in [-0.3, -0.25) is 0 Å². The molecule has 0 radical (unpaired) electrons. The Kier molecular flexibility index (Phi) is 2.78. The second kappa shape index (κ2) is 4.71. The molecule has 0 fully saturated rings. The van der Waals surface area contributed by atoms with E-state index in [1.165, 1.54) is 10.9 Å². The van der Waals surface area contributed by atoms with Crippen molar-refractivity contribution in [2.75, 3.05) is 11.5 Å². The number of hydrogen-bond acceptors (Lipinski definition) is 4. The lowest BCUT2D eigenvalue weighted by Crippen LogP contribution is -2.01. The monoisotopic (exact) mass is 303 g/mol. The number of aromatic amines is 1. The van der Waals surface area contributed by atoms with Gasteiger partial charge < -0.3 is 16.5 Å². The van der Waals surface area contributed by atoms with Crippen molar-refractivity contribution in [1.82, 2.24) is 15.0 Å². The molecule has 0 aliphatic rings. The number of hydrogen-bond donors (Lipinski definition) is 3. The lowest BCUT2D eigenvalue weighted by molar-refractivity contribution is 1.24. The number of benzene rings is 2. The number of nitrogens with one attached hydrogen (secondary N) is 1. The Morgan fingerprint density at radius 1 is 0.913 bits per heavy atom. The molecule has 0 aliphatic heterocycles. The topological polar surface area (TPSA) is 93.6 Å². The predicted octanol–water partition coefficient (Wildman–Crippen LogP) is 3.56. The van der Waals surface area contributed by atoms with Crippen LogP contribution < -0.4 is 11.5 Å². The van der Waals surface area contributed by atoms with Crippen LogP contribution in [0, 0.1) is 13.8 Å². The number of rotatable bonds is 1. The smallest absolute Gasteiger partial charge is 0.222 e. The van der Waals surface area contributed by atoms with Gasteiger partial charge in [-0.15, -0.1) is 0 Å². The Balaban J connectivity index is 2.02. The van der Waals surface area contributed by atoms with E-state index < -0.39 is 0 Å². The van der Waals surface area contributed by atoms with Crippen LogP contribution in [0.25, 0.3) is 32.9 Å². The molecule has 0 bridgehead atoms. The van der Waals surface area contributed by atoms with Crippen molar-refractivity contribution >= 4 is 33.6 Å². The van der Waals surface area contributed by atoms with E-state index in [0.717, 1.165) is 33.1 Å². The van der Waals surface area contributed by atoms with Crippen molar-refractivity contribution in [3.05, 3.63) is 47.7 Å². The van der Waals surface area contributed by atoms with Crippen LogP contribution in [-0.4, -0.2) is 15.0 Å². The average Bonchev–Trinajstić information content (AvgIpc) is 2.90. The molecule has 0 unspecified atom stereocenters. The highest BCUT2D eigenvalue weighted by molar-refractivity contribution is 6.00. The Morgan fingerprint density at radius 2 is 1.74 bits per heavy atom. The van der Waals surface area contributed by atoms with Crippen molar-refractivity contribution in [2.45, 2.75) is 13.8 Å². The van der Waals surface area contributed by atoms with Gasteiger partial charge in [-0.2, -0.15) is 4.98 Å². The van der Waals surface area contributed by atoms with Crippen LogP contribution in [0.15, 0.2) is 36.5 Å². The normalized spacial score (nSPS) is 11.4. The van der Waals surface area contributed by atoms with Crippen LogP contribution in [-0.2, 0) is 0 Å². The van der Waals surface area contributed by atoms with E-state index in [1.54, 1.807) is 0 Å². The molecule has 4 rings (SSSR count). The lowest BCUT2D eigenvalue weighted by Gasteiger charge is -2.09. The first-order valence-corrected chi connectivity index (χ1v) is 7.44. The van der Waals surface area contributed by atoms with Gasteiger partial charge in [0.25, 0.3) is 0 Å². The quantitative estimate of drug-likeness (QED) is 0.501. The summed E-state index contributed by atoms with van der Waals surface area (Å²) in [6.45, 7) is 4.15. The molecule has 0 atom stereocenters. The maximum absolute atomic E-state index is 5.96. The molecule has 0 amide bonds. The van der Waals surface area contributed by atoms with Gasteiger partial charge in [-0.1, -0.05) is 12.1 Å². The molecule has 2 heterocycles. The molecule has 5 N–H and O–H groups in total. The van der Waals surface area contributed by atoms with Gasteiger partial charge >= 0.3 is 0 Å². The van der Waals surface area contributed by atoms with Crippen LogP contribution in [0.1, 0.15) is 11.1 Å². The Labute approximate surface area is 133 Å². The minimum absolute atomic E-state index is 0.194. The highest BCUT2D eigenvalue weighted by atomic mass is 15.0. The summed E-state index contributed by atoms with van der Waals surface area (Å²) < 4.78 is 0. The average molecular weight is 303 g/mol. The van der Waals surface area contributed by atoms with Gasteiger partial charge in [-0.25, -0.2) is 4.98 Å². The van der Waals surface area contributed by atoms with Crippen molar-refractivity contribution in [2.24, 2.45) is 0 Å². The maximum Gasteiger partial charge on any atom is 0.222 e. The van der Waals surface area contributed by atoms with E-state index in [4.69, 9.17) is 11.5 Å². The third-order valence-electron chi connectivity index (χ3n) is 4.22. The summed E-state index contributed by atoms with van der Waals surface area (Å²) >= 11 is 0. The number of fused-ring (bicyclic) bond motifs is 2. The molecule has 2 aromatic carbocycles. The van der Waals surface area contributed by atoms with E-state index in [0.29, 0.717) is 5.82 Å². The van der Waals surface area contributed by atoms with Gasteiger partial charge in [-0.05, 0) is 48.7 Å². The Bertz CT molecular complexity index is 1060. The van der Waals surface area contributed by atoms with E-state index in [9.17, 15) is 0 Å². The molecule has 23 heavy (non-hydrogen) atoms. The zero-order valence-corrected chi connectivity index (χ0v) is 13.0. The summed E-state index contributed by atoms with van der Waals surface area (Å²) in [7, 11) is 0. The standard InChI is InChI=1S/C18H17N5/c1-9-3-4-11-14(8-21-15(11)5-9)12-7-16-13(6-10(12)2)17(19)23-18(20)22-16/h3-8,21H,1-2H3,(H4,19,20,22,23). The molecule has 0 aliphatic carbocycles. The SMILES string of the molecule is Cc1ccc2c(-c3cc4nc(N)nc(N)c4cc3C)c[nH]c2c1. The molecule has 0 saturated heterocycles. The minimum atomic E-state index is 0.194. The maximum atomic E-state index is 5.96. The van der Waals surface area contributed by atoms with Crippen molar-refractivity contribution in [3.8, 4) is 11.1 Å². The second-order valence-electron chi connectivity index (χ2n) is 5.90. The Morgan fingerprint density at radius 3 is 2.57 bits per heavy atom. The van der Waals surface area contributed by atoms with Crippen molar-refractivity contribution < 1.29 is 0 Å². The van der Waals surface area contributed by atoms with Gasteiger partial charge in [0.05, 0.1) is 5.52 Å². The van der Waals surface area contributed by atoms with E-state index >= 15 is 0 Å². The fourth-order valence-corrected chi connectivity index (χ4v) is 3.08. The first-order chi connectivity index (χ1) is 11.0. The number of H-pyrrole nitrogens is 1. The number of nitrogens with two attached hydrogens (primary N) is 2. The van der Waals surface area contributed by atoms with Crippen LogP contribution in [0.3, 0.4) is 0 Å². The third-order valence-corrected chi connectivity index (χ3v) is 4.22. The Hall–Kier alpha value is -3.08. The van der Waals surface area contributed by atoms with Gasteiger partial charge in [0.15, 0.2) is 0 Å². The summed E-state index contributed by atoms with van der Waals surface area (Å²) in [5, 5.41) is 2.02. The molecule has 5 heteroatoms. The fraction of sp³-hybridized carbons (Fsp3) is 0.111. The number of nitrogens with zero attached hydrogens (tertiary/aromatic N) is 2. The zero-order chi connectivity index (χ0) is 16.1. The van der Waals surface area contributed by atoms with E-state index in [1.807, 2.05) is 18.3 Å². The molecule has 2 aromatic heterocycles. The first kappa shape index (κ1) is 13.6. The van der Waals surface area contributed by atoms with Gasteiger partial charge in [0, 0.05) is 28.0 Å². The fourth-order valence-electron chi connectivity index (χ4n) is 3.08. The molecule has 4 aromatic rings. The van der Waals surface area contributed by atoms with Gasteiger partial charge in [0.2, 0.25) is 5.95 Å². The zero-order valence-electron chi connectivity index (χ0n) is 13.0. The van der Waals surface area contributed by atoms with Crippen LogP contribution in [0.4, 0.5) is 11.8 Å². The minimum Gasteiger partial charge on any atom is -0.383 e. The number of anilines is 2. The largest absolute Gasteiger partial charge is 0.383 e. The summed E-state index contributed by atoms with van der Waals surface area (Å²) in [6, 6.07) is 10.5. The number of aromatic nitrogens is 3. The molecule has 114 valence electrons. The van der Waals surface area contributed by atoms with Crippen LogP contribution in [0.2, 0.25) is 0 Å².